The van der Waals surface area contributed by atoms with E-state index >= 15 is 0 Å². The third-order valence-electron chi connectivity index (χ3n) is 4.27. The van der Waals surface area contributed by atoms with Gasteiger partial charge in [-0.3, -0.25) is 4.57 Å². The Morgan fingerprint density at radius 3 is 2.17 bits per heavy atom. The first-order valence-electron chi connectivity index (χ1n) is 7.95. The van der Waals surface area contributed by atoms with Crippen LogP contribution in [0.3, 0.4) is 0 Å². The Balaban J connectivity index is 2.12. The summed E-state index contributed by atoms with van der Waals surface area (Å²) in [4.78, 5) is 4.92. The van der Waals surface area contributed by atoms with E-state index in [1.807, 2.05) is 12.1 Å². The first-order chi connectivity index (χ1) is 11.6. The first-order valence-corrected chi connectivity index (χ1v) is 8.74. The number of halogens is 1. The number of hydrogen-bond acceptors (Lipinski definition) is 1. The number of rotatable bonds is 2. The molecule has 2 nitrogen and oxygen atoms in total. The number of aryl methyl sites for hydroxylation is 2. The molecule has 118 valence electrons. The van der Waals surface area contributed by atoms with E-state index in [9.17, 15) is 0 Å². The maximum absolute atomic E-state index is 4.92. The van der Waals surface area contributed by atoms with Crippen LogP contribution in [0.4, 0.5) is 0 Å². The summed E-state index contributed by atoms with van der Waals surface area (Å²) in [5.74, 6) is 0.977. The van der Waals surface area contributed by atoms with Crippen LogP contribution in [-0.2, 0) is 0 Å². The lowest BCUT2D eigenvalue weighted by Gasteiger charge is -2.16. The van der Waals surface area contributed by atoms with Gasteiger partial charge in [-0.25, -0.2) is 4.98 Å². The topological polar surface area (TPSA) is 17.8 Å². The van der Waals surface area contributed by atoms with E-state index in [2.05, 4.69) is 88.9 Å². The Hall–Kier alpha value is -2.39. The van der Waals surface area contributed by atoms with Gasteiger partial charge >= 0.3 is 0 Å². The van der Waals surface area contributed by atoms with Gasteiger partial charge in [-0.2, -0.15) is 0 Å². The SMILES string of the molecule is Cc1cc(Br)cc(C)c1-n1c(-c2ccccc2)nc2ccccc21. The minimum atomic E-state index is 0.977. The van der Waals surface area contributed by atoms with Gasteiger partial charge in [-0.05, 0) is 49.2 Å². The molecule has 0 spiro atoms. The maximum atomic E-state index is 4.92. The van der Waals surface area contributed by atoms with E-state index in [0.29, 0.717) is 0 Å². The molecule has 3 aromatic carbocycles. The molecule has 0 radical (unpaired) electrons. The first kappa shape index (κ1) is 15.2. The Morgan fingerprint density at radius 2 is 1.46 bits per heavy atom. The number of benzene rings is 3. The molecule has 0 aliphatic carbocycles. The molecule has 0 aliphatic heterocycles. The molecule has 0 aliphatic rings. The Bertz CT molecular complexity index is 1010. The summed E-state index contributed by atoms with van der Waals surface area (Å²) in [6.45, 7) is 4.30. The highest BCUT2D eigenvalue weighted by molar-refractivity contribution is 9.10. The normalized spacial score (nSPS) is 11.1. The van der Waals surface area contributed by atoms with Crippen molar-refractivity contribution < 1.29 is 0 Å². The van der Waals surface area contributed by atoms with Crippen LogP contribution >= 0.6 is 15.9 Å². The molecule has 0 amide bonds. The Kier molecular flexibility index (Phi) is 3.73. The molecule has 24 heavy (non-hydrogen) atoms. The molecule has 0 unspecified atom stereocenters. The average Bonchev–Trinajstić information content (AvgIpc) is 2.94. The van der Waals surface area contributed by atoms with Crippen molar-refractivity contribution in [3.05, 3.63) is 82.3 Å². The second kappa shape index (κ2) is 5.91. The molecule has 1 aromatic heterocycles. The smallest absolute Gasteiger partial charge is 0.145 e. The van der Waals surface area contributed by atoms with Crippen LogP contribution in [-0.4, -0.2) is 9.55 Å². The van der Waals surface area contributed by atoms with Crippen LogP contribution in [0.2, 0.25) is 0 Å². The lowest BCUT2D eigenvalue weighted by molar-refractivity contribution is 1.06. The van der Waals surface area contributed by atoms with Gasteiger partial charge in [0.2, 0.25) is 0 Å². The summed E-state index contributed by atoms with van der Waals surface area (Å²) in [5, 5.41) is 0. The van der Waals surface area contributed by atoms with Gasteiger partial charge < -0.3 is 0 Å². The van der Waals surface area contributed by atoms with Crippen molar-refractivity contribution in [1.82, 2.24) is 9.55 Å². The summed E-state index contributed by atoms with van der Waals surface area (Å²) >= 11 is 3.60. The molecule has 4 rings (SSSR count). The van der Waals surface area contributed by atoms with Crippen molar-refractivity contribution in [2.45, 2.75) is 13.8 Å². The van der Waals surface area contributed by atoms with Crippen molar-refractivity contribution in [3.8, 4) is 17.1 Å². The van der Waals surface area contributed by atoms with Gasteiger partial charge in [0.25, 0.3) is 0 Å². The van der Waals surface area contributed by atoms with Gasteiger partial charge in [0, 0.05) is 10.0 Å². The summed E-state index contributed by atoms with van der Waals surface area (Å²) in [6, 6.07) is 23.0. The van der Waals surface area contributed by atoms with Gasteiger partial charge in [-0.1, -0.05) is 58.4 Å². The van der Waals surface area contributed by atoms with Crippen molar-refractivity contribution in [2.24, 2.45) is 0 Å². The molecule has 0 saturated carbocycles. The number of imidazole rings is 1. The summed E-state index contributed by atoms with van der Waals surface area (Å²) in [7, 11) is 0. The van der Waals surface area contributed by atoms with E-state index in [1.54, 1.807) is 0 Å². The van der Waals surface area contributed by atoms with Crippen molar-refractivity contribution in [2.75, 3.05) is 0 Å². The molecule has 4 aromatic rings. The van der Waals surface area contributed by atoms with Crippen LogP contribution in [0.25, 0.3) is 28.1 Å². The summed E-state index contributed by atoms with van der Waals surface area (Å²) in [6.07, 6.45) is 0. The van der Waals surface area contributed by atoms with Crippen LogP contribution in [0.15, 0.2) is 71.2 Å². The van der Waals surface area contributed by atoms with Crippen molar-refractivity contribution >= 4 is 27.0 Å². The zero-order valence-electron chi connectivity index (χ0n) is 13.6. The van der Waals surface area contributed by atoms with Gasteiger partial charge in [0.15, 0.2) is 0 Å². The van der Waals surface area contributed by atoms with E-state index in [1.165, 1.54) is 16.8 Å². The van der Waals surface area contributed by atoms with E-state index in [4.69, 9.17) is 4.98 Å². The predicted octanol–water partition coefficient (Wildman–Crippen LogP) is 6.07. The molecule has 1 heterocycles. The molecule has 0 fully saturated rings. The van der Waals surface area contributed by atoms with Crippen molar-refractivity contribution in [1.29, 1.82) is 0 Å². The van der Waals surface area contributed by atoms with Crippen LogP contribution < -0.4 is 0 Å². The second-order valence-electron chi connectivity index (χ2n) is 6.01. The van der Waals surface area contributed by atoms with Crippen LogP contribution in [0, 0.1) is 13.8 Å². The highest BCUT2D eigenvalue weighted by atomic mass is 79.9. The monoisotopic (exact) mass is 376 g/mol. The summed E-state index contributed by atoms with van der Waals surface area (Å²) in [5.41, 5.74) is 6.91. The fourth-order valence-electron chi connectivity index (χ4n) is 3.29. The number of aromatic nitrogens is 2. The quantitative estimate of drug-likeness (QED) is 0.414. The van der Waals surface area contributed by atoms with Crippen LogP contribution in [0.1, 0.15) is 11.1 Å². The molecule has 0 bridgehead atoms. The number of hydrogen-bond donors (Lipinski definition) is 0. The molecular formula is C21H17BrN2. The molecule has 3 heteroatoms. The largest absolute Gasteiger partial charge is 0.292 e. The van der Waals surface area contributed by atoms with E-state index in [0.717, 1.165) is 26.9 Å². The second-order valence-corrected chi connectivity index (χ2v) is 6.93. The van der Waals surface area contributed by atoms with Crippen LogP contribution in [0.5, 0.6) is 0 Å². The van der Waals surface area contributed by atoms with E-state index in [-0.39, 0.29) is 0 Å². The Labute approximate surface area is 149 Å². The van der Waals surface area contributed by atoms with Gasteiger partial charge in [0.1, 0.15) is 5.82 Å². The highest BCUT2D eigenvalue weighted by Crippen LogP contribution is 2.32. The standard InChI is InChI=1S/C21H17BrN2/c1-14-12-17(22)13-15(2)20(14)24-19-11-7-6-10-18(19)23-21(24)16-8-4-3-5-9-16/h3-13H,1-2H3. The zero-order valence-corrected chi connectivity index (χ0v) is 15.2. The zero-order chi connectivity index (χ0) is 16.7. The third-order valence-corrected chi connectivity index (χ3v) is 4.73. The van der Waals surface area contributed by atoms with Crippen molar-refractivity contribution in [3.63, 3.8) is 0 Å². The van der Waals surface area contributed by atoms with Gasteiger partial charge in [-0.15, -0.1) is 0 Å². The lowest BCUT2D eigenvalue weighted by atomic mass is 10.1. The molecular weight excluding hydrogens is 360 g/mol. The molecule has 0 saturated heterocycles. The minimum Gasteiger partial charge on any atom is -0.292 e. The highest BCUT2D eigenvalue weighted by Gasteiger charge is 2.17. The fourth-order valence-corrected chi connectivity index (χ4v) is 3.98. The average molecular weight is 377 g/mol. The van der Waals surface area contributed by atoms with Gasteiger partial charge in [0.05, 0.1) is 16.7 Å². The Morgan fingerprint density at radius 1 is 0.833 bits per heavy atom. The summed E-state index contributed by atoms with van der Waals surface area (Å²) < 4.78 is 3.38. The third kappa shape index (κ3) is 2.45. The maximum Gasteiger partial charge on any atom is 0.145 e. The lowest BCUT2D eigenvalue weighted by Crippen LogP contribution is -2.02. The predicted molar refractivity (Wildman–Crippen MR) is 104 cm³/mol. The minimum absolute atomic E-state index is 0.977. The van der Waals surface area contributed by atoms with E-state index < -0.39 is 0 Å². The molecule has 0 atom stereocenters. The number of fused-ring (bicyclic) bond motifs is 1. The number of nitrogens with zero attached hydrogens (tertiary/aromatic N) is 2. The fraction of sp³-hybridized carbons (Fsp3) is 0.0952. The molecule has 0 N–H and O–H groups in total. The number of para-hydroxylation sites is 2.